The van der Waals surface area contributed by atoms with E-state index >= 15 is 0 Å². The summed E-state index contributed by atoms with van der Waals surface area (Å²) in [5.41, 5.74) is 2.06. The van der Waals surface area contributed by atoms with Crippen LogP contribution in [0.25, 0.3) is 10.8 Å². The van der Waals surface area contributed by atoms with Crippen molar-refractivity contribution in [1.29, 1.82) is 0 Å². The zero-order valence-corrected chi connectivity index (χ0v) is 14.5. The molecular formula is C19H18N2OTi+2. The molecule has 112 valence electrons. The van der Waals surface area contributed by atoms with E-state index in [1.165, 1.54) is 5.56 Å². The first-order valence-electron chi connectivity index (χ1n) is 6.63. The van der Waals surface area contributed by atoms with Crippen molar-refractivity contribution in [3.63, 3.8) is 0 Å². The fraction of sp³-hybridized carbons (Fsp3) is 0.0526. The van der Waals surface area contributed by atoms with E-state index in [-0.39, 0.29) is 21.7 Å². The zero-order chi connectivity index (χ0) is 16.5. The summed E-state index contributed by atoms with van der Waals surface area (Å²) in [5, 5.41) is 15.3. The fourth-order valence-corrected chi connectivity index (χ4v) is 1.29. The summed E-state index contributed by atoms with van der Waals surface area (Å²) in [6, 6.07) is 7.66. The summed E-state index contributed by atoms with van der Waals surface area (Å²) in [5.74, 6) is 0. The van der Waals surface area contributed by atoms with Crippen molar-refractivity contribution in [2.45, 2.75) is 6.92 Å². The number of hydrogen-bond donors (Lipinski definition) is 0. The Balaban J connectivity index is 0. The second-order valence-corrected chi connectivity index (χ2v) is 4.06. The fourth-order valence-electron chi connectivity index (χ4n) is 1.29. The van der Waals surface area contributed by atoms with Crippen LogP contribution in [0.2, 0.25) is 0 Å². The van der Waals surface area contributed by atoms with Gasteiger partial charge in [0, 0.05) is 0 Å². The van der Waals surface area contributed by atoms with E-state index in [0.717, 1.165) is 11.8 Å². The van der Waals surface area contributed by atoms with Crippen LogP contribution in [0.5, 0.6) is 0 Å². The molecule has 0 aromatic heterocycles. The maximum Gasteiger partial charge on any atom is 4.00 e. The molecule has 2 aliphatic carbocycles. The average Bonchev–Trinajstić information content (AvgIpc) is 3.27. The van der Waals surface area contributed by atoms with E-state index in [9.17, 15) is 0 Å². The Bertz CT molecular complexity index is 379. The van der Waals surface area contributed by atoms with Crippen LogP contribution in [-0.2, 0) is 26.5 Å². The van der Waals surface area contributed by atoms with Gasteiger partial charge in [0.15, 0.2) is 0 Å². The van der Waals surface area contributed by atoms with Gasteiger partial charge in [0.2, 0.25) is 0 Å². The third-order valence-corrected chi connectivity index (χ3v) is 2.34. The number of carbonyl (C=O) groups excluding carboxylic acids is 1. The van der Waals surface area contributed by atoms with Crippen molar-refractivity contribution >= 4 is 12.3 Å². The molecule has 2 aliphatic rings. The van der Waals surface area contributed by atoms with Crippen LogP contribution in [0.15, 0.2) is 24.3 Å². The number of hydrogen-bond acceptors (Lipinski definition) is 1. The Morgan fingerprint density at radius 2 is 1.04 bits per heavy atom. The maximum absolute atomic E-state index is 8.50. The van der Waals surface area contributed by atoms with Crippen LogP contribution >= 0.6 is 0 Å². The van der Waals surface area contributed by atoms with Crippen LogP contribution in [-0.4, -0.2) is 12.3 Å². The average molecular weight is 338 g/mol. The van der Waals surface area contributed by atoms with Gasteiger partial charge in [-0.2, -0.15) is 6.21 Å². The SMILES string of the molecule is Cc1ccc(C=[N-])cc1.[CH]1[CH][CH][CH][CH]1.[CH]1[CH][CH][CH][CH]1.[N-]=C=O.[Ti+4]. The minimum atomic E-state index is 0. The van der Waals surface area contributed by atoms with Crippen molar-refractivity contribution in [3.8, 4) is 0 Å². The predicted molar refractivity (Wildman–Crippen MR) is 91.8 cm³/mol. The first-order valence-corrected chi connectivity index (χ1v) is 6.63. The van der Waals surface area contributed by atoms with Gasteiger partial charge in [-0.1, -0.05) is 29.8 Å². The van der Waals surface area contributed by atoms with E-state index in [1.807, 2.05) is 95.4 Å². The molecule has 0 atom stereocenters. The van der Waals surface area contributed by atoms with Crippen molar-refractivity contribution < 1.29 is 26.5 Å². The summed E-state index contributed by atoms with van der Waals surface area (Å²) >= 11 is 0. The molecule has 3 nitrogen and oxygen atoms in total. The van der Waals surface area contributed by atoms with Gasteiger partial charge in [-0.25, -0.2) is 0 Å². The Morgan fingerprint density at radius 3 is 1.26 bits per heavy atom. The summed E-state index contributed by atoms with van der Waals surface area (Å²) in [6.45, 7) is 2.02. The second kappa shape index (κ2) is 19.0. The van der Waals surface area contributed by atoms with Crippen LogP contribution in [0.4, 0.5) is 0 Å². The molecule has 0 aliphatic heterocycles. The van der Waals surface area contributed by atoms with E-state index in [4.69, 9.17) is 15.6 Å². The molecule has 0 heterocycles. The molecule has 10 radical (unpaired) electrons. The summed E-state index contributed by atoms with van der Waals surface area (Å²) < 4.78 is 0. The molecule has 0 N–H and O–H groups in total. The minimum Gasteiger partial charge on any atom is -0.810 e. The molecule has 2 saturated carbocycles. The van der Waals surface area contributed by atoms with E-state index in [2.05, 4.69) is 0 Å². The summed E-state index contributed by atoms with van der Waals surface area (Å²) in [7, 11) is 0. The zero-order valence-electron chi connectivity index (χ0n) is 13.0. The monoisotopic (exact) mass is 338 g/mol. The predicted octanol–water partition coefficient (Wildman–Crippen LogP) is 3.92. The van der Waals surface area contributed by atoms with Gasteiger partial charge in [0.25, 0.3) is 0 Å². The van der Waals surface area contributed by atoms with Gasteiger partial charge < -0.3 is 10.8 Å². The van der Waals surface area contributed by atoms with Crippen LogP contribution < -0.4 is 0 Å². The third kappa shape index (κ3) is 17.2. The van der Waals surface area contributed by atoms with Crippen LogP contribution in [0.1, 0.15) is 11.1 Å². The van der Waals surface area contributed by atoms with E-state index in [0.29, 0.717) is 6.08 Å². The smallest absolute Gasteiger partial charge is 0.810 e. The van der Waals surface area contributed by atoms with Crippen LogP contribution in [0, 0.1) is 71.1 Å². The Kier molecular flexibility index (Phi) is 20.1. The van der Waals surface area contributed by atoms with Crippen molar-refractivity contribution in [3.05, 3.63) is 110 Å². The Morgan fingerprint density at radius 1 is 0.783 bits per heavy atom. The van der Waals surface area contributed by atoms with Crippen LogP contribution in [0.3, 0.4) is 0 Å². The molecule has 0 saturated heterocycles. The number of rotatable bonds is 1. The van der Waals surface area contributed by atoms with Gasteiger partial charge in [-0.15, -0.1) is 0 Å². The number of nitrogens with zero attached hydrogens (tertiary/aromatic N) is 2. The molecule has 0 bridgehead atoms. The molecule has 1 aromatic rings. The first-order chi connectivity index (χ1) is 10.7. The molecule has 0 unspecified atom stereocenters. The Labute approximate surface area is 156 Å². The molecule has 23 heavy (non-hydrogen) atoms. The van der Waals surface area contributed by atoms with Gasteiger partial charge in [-0.3, -0.25) is 4.79 Å². The quantitative estimate of drug-likeness (QED) is 0.435. The third-order valence-electron chi connectivity index (χ3n) is 2.34. The normalized spacial score (nSPS) is 14.3. The summed E-state index contributed by atoms with van der Waals surface area (Å²) in [4.78, 5) is 8.24. The standard InChI is InChI=1S/C8H8N.2C5H5.CNO.Ti/c1-7-2-4-8(6-9)5-3-7;2*1-2-4-5-3-1;2-1-3;/h2-6H,1H3;2*1-5H;;/q-1;;;-1;+4. The van der Waals surface area contributed by atoms with Gasteiger partial charge in [-0.05, 0) is 82.8 Å². The van der Waals surface area contributed by atoms with Crippen molar-refractivity contribution in [1.82, 2.24) is 0 Å². The molecule has 0 spiro atoms. The van der Waals surface area contributed by atoms with Gasteiger partial charge in [0.1, 0.15) is 0 Å². The maximum atomic E-state index is 8.50. The molecule has 1 aromatic carbocycles. The molecular weight excluding hydrogens is 320 g/mol. The molecule has 0 amide bonds. The molecule has 2 fully saturated rings. The number of aryl methyl sites for hydroxylation is 1. The molecule has 3 rings (SSSR count). The topological polar surface area (TPSA) is 61.7 Å². The second-order valence-electron chi connectivity index (χ2n) is 4.06. The minimum absolute atomic E-state index is 0. The largest absolute Gasteiger partial charge is 4.00 e. The van der Waals surface area contributed by atoms with E-state index < -0.39 is 0 Å². The Hall–Kier alpha value is -1.02. The van der Waals surface area contributed by atoms with Gasteiger partial charge in [0.05, 0.1) is 0 Å². The number of benzene rings is 1. The van der Waals surface area contributed by atoms with Gasteiger partial charge >= 0.3 is 21.7 Å². The van der Waals surface area contributed by atoms with Crippen molar-refractivity contribution in [2.24, 2.45) is 0 Å². The van der Waals surface area contributed by atoms with E-state index in [1.54, 1.807) is 0 Å². The van der Waals surface area contributed by atoms with Crippen molar-refractivity contribution in [2.75, 3.05) is 0 Å². The summed E-state index contributed by atoms with van der Waals surface area (Å²) in [6.07, 6.45) is 21.6. The number of isocyanates is 1. The molecule has 4 heteroatoms. The first kappa shape index (κ1) is 24.2.